The molecule has 0 spiro atoms. The lowest BCUT2D eigenvalue weighted by Crippen LogP contribution is -2.11. The molecule has 2 rings (SSSR count). The van der Waals surface area contributed by atoms with Crippen LogP contribution in [0.25, 0.3) is 0 Å². The quantitative estimate of drug-likeness (QED) is 0.912. The van der Waals surface area contributed by atoms with Crippen molar-refractivity contribution in [2.45, 2.75) is 6.54 Å². The van der Waals surface area contributed by atoms with Crippen LogP contribution in [-0.2, 0) is 6.54 Å². The molecule has 1 amide bonds. The molecule has 0 aliphatic rings. The van der Waals surface area contributed by atoms with Crippen LogP contribution in [0.1, 0.15) is 15.2 Å². The van der Waals surface area contributed by atoms with E-state index in [4.69, 9.17) is 5.73 Å². The van der Waals surface area contributed by atoms with Gasteiger partial charge in [0.05, 0.1) is 9.47 Å². The number of nitrogens with one attached hydrogen (secondary N) is 1. The third kappa shape index (κ3) is 3.04. The van der Waals surface area contributed by atoms with Gasteiger partial charge in [-0.3, -0.25) is 9.78 Å². The topological polar surface area (TPSA) is 68.0 Å². The summed E-state index contributed by atoms with van der Waals surface area (Å²) in [5.41, 5.74) is 7.15. The van der Waals surface area contributed by atoms with E-state index in [1.54, 1.807) is 12.4 Å². The lowest BCUT2D eigenvalue weighted by atomic mass is 10.2. The molecule has 2 heterocycles. The van der Waals surface area contributed by atoms with Crippen molar-refractivity contribution in [2.75, 3.05) is 5.32 Å². The van der Waals surface area contributed by atoms with E-state index in [1.165, 1.54) is 11.3 Å². The van der Waals surface area contributed by atoms with Crippen molar-refractivity contribution >= 4 is 38.9 Å². The van der Waals surface area contributed by atoms with Gasteiger partial charge in [-0.25, -0.2) is 0 Å². The summed E-state index contributed by atoms with van der Waals surface area (Å²) in [4.78, 5) is 15.7. The minimum absolute atomic E-state index is 0.419. The van der Waals surface area contributed by atoms with Crippen molar-refractivity contribution < 1.29 is 4.79 Å². The summed E-state index contributed by atoms with van der Waals surface area (Å²) in [6, 6.07) is 5.68. The van der Waals surface area contributed by atoms with E-state index in [-0.39, 0.29) is 0 Å². The Morgan fingerprint density at radius 3 is 2.82 bits per heavy atom. The molecule has 2 aromatic heterocycles. The number of anilines is 1. The molecule has 0 aromatic carbocycles. The van der Waals surface area contributed by atoms with Gasteiger partial charge in [0.1, 0.15) is 4.88 Å². The number of primary amides is 1. The molecule has 0 bridgehead atoms. The predicted molar refractivity (Wildman–Crippen MR) is 72.1 cm³/mol. The summed E-state index contributed by atoms with van der Waals surface area (Å²) < 4.78 is 0.878. The standard InChI is InChI=1S/C11H10BrN3OS/c12-9-5-8(10(17-9)11(13)16)15-6-7-1-3-14-4-2-7/h1-5,15H,6H2,(H2,13,16). The molecule has 6 heteroatoms. The van der Waals surface area contributed by atoms with Gasteiger partial charge in [0.25, 0.3) is 5.91 Å². The highest BCUT2D eigenvalue weighted by atomic mass is 79.9. The third-order valence-electron chi connectivity index (χ3n) is 2.16. The number of thiophene rings is 1. The van der Waals surface area contributed by atoms with Crippen molar-refractivity contribution in [1.29, 1.82) is 0 Å². The predicted octanol–water partition coefficient (Wildman–Crippen LogP) is 2.62. The van der Waals surface area contributed by atoms with E-state index in [1.807, 2.05) is 18.2 Å². The van der Waals surface area contributed by atoms with Gasteiger partial charge < -0.3 is 11.1 Å². The van der Waals surface area contributed by atoms with Gasteiger partial charge in [-0.1, -0.05) is 0 Å². The number of nitrogens with two attached hydrogens (primary N) is 1. The van der Waals surface area contributed by atoms with E-state index in [2.05, 4.69) is 26.2 Å². The number of pyridine rings is 1. The van der Waals surface area contributed by atoms with Gasteiger partial charge in [-0.05, 0) is 39.7 Å². The van der Waals surface area contributed by atoms with Crippen molar-refractivity contribution in [2.24, 2.45) is 5.73 Å². The summed E-state index contributed by atoms with van der Waals surface area (Å²) in [6.45, 7) is 0.631. The molecule has 17 heavy (non-hydrogen) atoms. The molecule has 0 aliphatic carbocycles. The smallest absolute Gasteiger partial charge is 0.260 e. The maximum atomic E-state index is 11.2. The van der Waals surface area contributed by atoms with Gasteiger partial charge in [0, 0.05) is 18.9 Å². The maximum Gasteiger partial charge on any atom is 0.260 e. The van der Waals surface area contributed by atoms with Gasteiger partial charge in [-0.2, -0.15) is 0 Å². The van der Waals surface area contributed by atoms with Crippen LogP contribution < -0.4 is 11.1 Å². The molecular formula is C11H10BrN3OS. The molecular weight excluding hydrogens is 302 g/mol. The van der Waals surface area contributed by atoms with E-state index in [0.717, 1.165) is 15.0 Å². The fraction of sp³-hybridized carbons (Fsp3) is 0.0909. The van der Waals surface area contributed by atoms with Crippen molar-refractivity contribution in [3.8, 4) is 0 Å². The van der Waals surface area contributed by atoms with E-state index in [0.29, 0.717) is 11.4 Å². The summed E-state index contributed by atoms with van der Waals surface area (Å²) >= 11 is 4.66. The average Bonchev–Trinajstić information content (AvgIpc) is 2.69. The second-order valence-corrected chi connectivity index (χ2v) is 5.80. The Morgan fingerprint density at radius 2 is 2.18 bits per heavy atom. The summed E-state index contributed by atoms with van der Waals surface area (Å²) in [5.74, 6) is -0.419. The Bertz CT molecular complexity index is 527. The Kier molecular flexibility index (Phi) is 3.75. The molecule has 0 atom stereocenters. The highest BCUT2D eigenvalue weighted by Gasteiger charge is 2.12. The largest absolute Gasteiger partial charge is 0.380 e. The molecule has 0 saturated carbocycles. The van der Waals surface area contributed by atoms with Gasteiger partial charge in [0.15, 0.2) is 0 Å². The highest BCUT2D eigenvalue weighted by molar-refractivity contribution is 9.11. The van der Waals surface area contributed by atoms with Crippen molar-refractivity contribution in [3.63, 3.8) is 0 Å². The number of carbonyl (C=O) groups is 1. The van der Waals surface area contributed by atoms with Crippen LogP contribution in [0, 0.1) is 0 Å². The Labute approximate surface area is 111 Å². The van der Waals surface area contributed by atoms with E-state index in [9.17, 15) is 4.79 Å². The minimum atomic E-state index is -0.419. The zero-order valence-electron chi connectivity index (χ0n) is 8.81. The van der Waals surface area contributed by atoms with Gasteiger partial charge in [0.2, 0.25) is 0 Å². The van der Waals surface area contributed by atoms with Gasteiger partial charge >= 0.3 is 0 Å². The normalized spacial score (nSPS) is 10.2. The molecule has 4 nitrogen and oxygen atoms in total. The first-order valence-electron chi connectivity index (χ1n) is 4.88. The number of carbonyl (C=O) groups excluding carboxylic acids is 1. The van der Waals surface area contributed by atoms with Crippen LogP contribution in [0.2, 0.25) is 0 Å². The van der Waals surface area contributed by atoms with Crippen LogP contribution in [0.4, 0.5) is 5.69 Å². The van der Waals surface area contributed by atoms with Crippen LogP contribution in [0.5, 0.6) is 0 Å². The summed E-state index contributed by atoms with van der Waals surface area (Å²) in [6.07, 6.45) is 3.46. The Balaban J connectivity index is 2.11. The van der Waals surface area contributed by atoms with Crippen LogP contribution in [0.3, 0.4) is 0 Å². The van der Waals surface area contributed by atoms with Crippen LogP contribution in [-0.4, -0.2) is 10.9 Å². The Hall–Kier alpha value is -1.40. The zero-order chi connectivity index (χ0) is 12.3. The molecule has 2 aromatic rings. The number of aromatic nitrogens is 1. The first-order valence-corrected chi connectivity index (χ1v) is 6.49. The SMILES string of the molecule is NC(=O)c1sc(Br)cc1NCc1ccncc1. The molecule has 88 valence electrons. The fourth-order valence-electron chi connectivity index (χ4n) is 1.37. The monoisotopic (exact) mass is 311 g/mol. The molecule has 0 radical (unpaired) electrons. The van der Waals surface area contributed by atoms with Crippen LogP contribution >= 0.6 is 27.3 Å². The average molecular weight is 312 g/mol. The highest BCUT2D eigenvalue weighted by Crippen LogP contribution is 2.31. The van der Waals surface area contributed by atoms with E-state index < -0.39 is 5.91 Å². The molecule has 3 N–H and O–H groups in total. The number of nitrogens with zero attached hydrogens (tertiary/aromatic N) is 1. The number of halogens is 1. The van der Waals surface area contributed by atoms with Crippen molar-refractivity contribution in [3.05, 3.63) is 44.8 Å². The lowest BCUT2D eigenvalue weighted by molar-refractivity contribution is 0.100. The summed E-state index contributed by atoms with van der Waals surface area (Å²) in [5, 5.41) is 3.18. The number of rotatable bonds is 4. The molecule has 0 fully saturated rings. The van der Waals surface area contributed by atoms with Crippen molar-refractivity contribution in [1.82, 2.24) is 4.98 Å². The fourth-order valence-corrected chi connectivity index (χ4v) is 2.80. The van der Waals surface area contributed by atoms with Gasteiger partial charge in [-0.15, -0.1) is 11.3 Å². The minimum Gasteiger partial charge on any atom is -0.380 e. The number of hydrogen-bond acceptors (Lipinski definition) is 4. The maximum absolute atomic E-state index is 11.2. The number of hydrogen-bond donors (Lipinski definition) is 2. The molecule has 0 aliphatic heterocycles. The number of amides is 1. The first-order chi connectivity index (χ1) is 8.16. The second-order valence-electron chi connectivity index (χ2n) is 3.37. The Morgan fingerprint density at radius 1 is 1.47 bits per heavy atom. The van der Waals surface area contributed by atoms with E-state index >= 15 is 0 Å². The summed E-state index contributed by atoms with van der Waals surface area (Å²) in [7, 11) is 0. The molecule has 0 saturated heterocycles. The zero-order valence-corrected chi connectivity index (χ0v) is 11.2. The third-order valence-corrected chi connectivity index (χ3v) is 3.81. The molecule has 0 unspecified atom stereocenters. The second kappa shape index (κ2) is 5.29. The first kappa shape index (κ1) is 12.1. The lowest BCUT2D eigenvalue weighted by Gasteiger charge is -2.05. The van der Waals surface area contributed by atoms with Crippen LogP contribution in [0.15, 0.2) is 34.4 Å².